The van der Waals surface area contributed by atoms with Gasteiger partial charge in [-0.25, -0.2) is 4.79 Å². The summed E-state index contributed by atoms with van der Waals surface area (Å²) in [4.78, 5) is 34.2. The van der Waals surface area contributed by atoms with Crippen molar-refractivity contribution >= 4 is 22.5 Å². The summed E-state index contributed by atoms with van der Waals surface area (Å²) < 4.78 is 4.93. The zero-order valence-electron chi connectivity index (χ0n) is 9.60. The lowest BCUT2D eigenvalue weighted by Gasteiger charge is -2.04. The number of hydrogen-bond donors (Lipinski definition) is 1. The number of aromatic hydroxyl groups is 1. The maximum Gasteiger partial charge on any atom is 0.351 e. The smallest absolute Gasteiger partial charge is 0.351 e. The van der Waals surface area contributed by atoms with E-state index in [0.29, 0.717) is 0 Å². The Morgan fingerprint density at radius 2 is 1.94 bits per heavy atom. The van der Waals surface area contributed by atoms with Crippen molar-refractivity contribution in [2.45, 2.75) is 13.3 Å². The molecule has 2 rings (SSSR count). The molecule has 1 aromatic heterocycles. The number of hydrogen-bond acceptors (Lipinski definition) is 5. The summed E-state index contributed by atoms with van der Waals surface area (Å²) in [6, 6.07) is 6.32. The van der Waals surface area contributed by atoms with Gasteiger partial charge in [0, 0.05) is 0 Å². The fourth-order valence-electron chi connectivity index (χ4n) is 1.69. The number of benzene rings is 1. The normalized spacial score (nSPS) is 10.5. The van der Waals surface area contributed by atoms with Crippen LogP contribution in [0.5, 0.6) is 5.75 Å². The molecule has 0 unspecified atom stereocenters. The standard InChI is InChI=1S/C13H10O5/c1-7(14)6-9(15)11-12(16)8-4-2-3-5-10(8)18-13(11)17/h2-5,16H,6H2,1H3. The highest BCUT2D eigenvalue weighted by molar-refractivity contribution is 6.10. The average molecular weight is 246 g/mol. The van der Waals surface area contributed by atoms with Crippen molar-refractivity contribution in [2.24, 2.45) is 0 Å². The first-order valence-corrected chi connectivity index (χ1v) is 5.28. The molecule has 0 bridgehead atoms. The summed E-state index contributed by atoms with van der Waals surface area (Å²) >= 11 is 0. The van der Waals surface area contributed by atoms with Gasteiger partial charge in [0.1, 0.15) is 22.7 Å². The quantitative estimate of drug-likeness (QED) is 0.505. The molecular weight excluding hydrogens is 236 g/mol. The van der Waals surface area contributed by atoms with Crippen molar-refractivity contribution in [1.29, 1.82) is 0 Å². The Bertz CT molecular complexity index is 696. The van der Waals surface area contributed by atoms with E-state index in [4.69, 9.17) is 4.42 Å². The van der Waals surface area contributed by atoms with E-state index in [2.05, 4.69) is 0 Å². The summed E-state index contributed by atoms with van der Waals surface area (Å²) in [6.45, 7) is 1.23. The number of carbonyl (C=O) groups excluding carboxylic acids is 2. The van der Waals surface area contributed by atoms with Gasteiger partial charge in [-0.3, -0.25) is 9.59 Å². The molecule has 0 atom stereocenters. The van der Waals surface area contributed by atoms with Gasteiger partial charge in [-0.2, -0.15) is 0 Å². The van der Waals surface area contributed by atoms with Crippen LogP contribution in [-0.2, 0) is 4.79 Å². The number of Topliss-reactive ketones (excluding diaryl/α,β-unsaturated/α-hetero) is 2. The second kappa shape index (κ2) is 4.44. The molecular formula is C13H10O5. The van der Waals surface area contributed by atoms with Gasteiger partial charge in [0.05, 0.1) is 11.8 Å². The van der Waals surface area contributed by atoms with E-state index in [1.807, 2.05) is 0 Å². The van der Waals surface area contributed by atoms with E-state index in [9.17, 15) is 19.5 Å². The van der Waals surface area contributed by atoms with Gasteiger partial charge in [0.2, 0.25) is 0 Å². The van der Waals surface area contributed by atoms with Crippen molar-refractivity contribution in [2.75, 3.05) is 0 Å². The fourth-order valence-corrected chi connectivity index (χ4v) is 1.69. The Morgan fingerprint density at radius 1 is 1.28 bits per heavy atom. The van der Waals surface area contributed by atoms with Gasteiger partial charge in [0.25, 0.3) is 0 Å². The zero-order valence-corrected chi connectivity index (χ0v) is 9.60. The Balaban J connectivity index is 2.68. The summed E-state index contributed by atoms with van der Waals surface area (Å²) in [7, 11) is 0. The molecule has 1 heterocycles. The lowest BCUT2D eigenvalue weighted by Crippen LogP contribution is -2.16. The van der Waals surface area contributed by atoms with Crippen molar-refractivity contribution in [3.8, 4) is 5.75 Å². The first-order valence-electron chi connectivity index (χ1n) is 5.28. The summed E-state index contributed by atoms with van der Waals surface area (Å²) in [5.74, 6) is -1.56. The van der Waals surface area contributed by atoms with Crippen LogP contribution in [0.3, 0.4) is 0 Å². The van der Waals surface area contributed by atoms with E-state index in [1.165, 1.54) is 19.1 Å². The van der Waals surface area contributed by atoms with Gasteiger partial charge < -0.3 is 9.52 Å². The predicted octanol–water partition coefficient (Wildman–Crippen LogP) is 1.66. The van der Waals surface area contributed by atoms with Crippen LogP contribution in [0.4, 0.5) is 0 Å². The van der Waals surface area contributed by atoms with Gasteiger partial charge in [-0.15, -0.1) is 0 Å². The first-order chi connectivity index (χ1) is 8.50. The third-order valence-corrected chi connectivity index (χ3v) is 2.47. The molecule has 0 amide bonds. The lowest BCUT2D eigenvalue weighted by atomic mass is 10.1. The molecule has 0 aliphatic rings. The Morgan fingerprint density at radius 3 is 2.61 bits per heavy atom. The Kier molecular flexibility index (Phi) is 2.97. The largest absolute Gasteiger partial charge is 0.506 e. The molecule has 1 N–H and O–H groups in total. The maximum atomic E-state index is 11.7. The molecule has 5 nitrogen and oxygen atoms in total. The molecule has 5 heteroatoms. The molecule has 92 valence electrons. The summed E-state index contributed by atoms with van der Waals surface area (Å²) in [5, 5.41) is 10.2. The van der Waals surface area contributed by atoms with Crippen LogP contribution in [-0.4, -0.2) is 16.7 Å². The second-order valence-electron chi connectivity index (χ2n) is 3.91. The monoisotopic (exact) mass is 246 g/mol. The molecule has 0 saturated carbocycles. The highest BCUT2D eigenvalue weighted by Crippen LogP contribution is 2.26. The lowest BCUT2D eigenvalue weighted by molar-refractivity contribution is -0.116. The molecule has 0 saturated heterocycles. The van der Waals surface area contributed by atoms with Gasteiger partial charge in [-0.05, 0) is 19.1 Å². The first kappa shape index (κ1) is 12.0. The molecule has 0 aliphatic heterocycles. The van der Waals surface area contributed by atoms with Crippen molar-refractivity contribution in [3.05, 3.63) is 40.2 Å². The Hall–Kier alpha value is -2.43. The molecule has 2 aromatic rings. The minimum Gasteiger partial charge on any atom is -0.506 e. The minimum absolute atomic E-state index is 0.194. The van der Waals surface area contributed by atoms with Crippen LogP contribution in [0.1, 0.15) is 23.7 Å². The maximum absolute atomic E-state index is 11.7. The zero-order chi connectivity index (χ0) is 13.3. The van der Waals surface area contributed by atoms with Crippen LogP contribution < -0.4 is 5.63 Å². The molecule has 1 aromatic carbocycles. The number of ketones is 2. The van der Waals surface area contributed by atoms with E-state index < -0.39 is 29.1 Å². The summed E-state index contributed by atoms with van der Waals surface area (Å²) in [5.41, 5.74) is -1.21. The topological polar surface area (TPSA) is 84.6 Å². The van der Waals surface area contributed by atoms with Gasteiger partial charge in [-0.1, -0.05) is 12.1 Å². The number of rotatable bonds is 3. The molecule has 0 radical (unpaired) electrons. The molecule has 0 spiro atoms. The van der Waals surface area contributed by atoms with Crippen molar-refractivity contribution in [1.82, 2.24) is 0 Å². The predicted molar refractivity (Wildman–Crippen MR) is 63.8 cm³/mol. The third kappa shape index (κ3) is 2.02. The number of para-hydroxylation sites is 1. The summed E-state index contributed by atoms with van der Waals surface area (Å²) in [6.07, 6.45) is -0.434. The number of fused-ring (bicyclic) bond motifs is 1. The third-order valence-electron chi connectivity index (χ3n) is 2.47. The highest BCUT2D eigenvalue weighted by atomic mass is 16.4. The van der Waals surface area contributed by atoms with Gasteiger partial charge >= 0.3 is 5.63 Å². The van der Waals surface area contributed by atoms with Crippen LogP contribution in [0, 0.1) is 0 Å². The van der Waals surface area contributed by atoms with E-state index in [-0.39, 0.29) is 16.8 Å². The van der Waals surface area contributed by atoms with Crippen LogP contribution in [0.2, 0.25) is 0 Å². The van der Waals surface area contributed by atoms with Crippen LogP contribution in [0.25, 0.3) is 11.0 Å². The van der Waals surface area contributed by atoms with Gasteiger partial charge in [0.15, 0.2) is 5.78 Å². The van der Waals surface area contributed by atoms with Crippen LogP contribution in [0.15, 0.2) is 33.5 Å². The van der Waals surface area contributed by atoms with Crippen molar-refractivity contribution in [3.63, 3.8) is 0 Å². The fraction of sp³-hybridized carbons (Fsp3) is 0.154. The minimum atomic E-state index is -0.933. The number of carbonyl (C=O) groups is 2. The Labute approximate surface area is 102 Å². The molecule has 0 fully saturated rings. The van der Waals surface area contributed by atoms with Crippen LogP contribution >= 0.6 is 0 Å². The van der Waals surface area contributed by atoms with Crippen molar-refractivity contribution < 1.29 is 19.1 Å². The second-order valence-corrected chi connectivity index (χ2v) is 3.91. The average Bonchev–Trinajstić information content (AvgIpc) is 2.27. The highest BCUT2D eigenvalue weighted by Gasteiger charge is 2.21. The van der Waals surface area contributed by atoms with E-state index in [0.717, 1.165) is 0 Å². The van der Waals surface area contributed by atoms with E-state index in [1.54, 1.807) is 12.1 Å². The molecule has 18 heavy (non-hydrogen) atoms. The van der Waals surface area contributed by atoms with E-state index >= 15 is 0 Å². The SMILES string of the molecule is CC(=O)CC(=O)c1c(O)c2ccccc2oc1=O. The molecule has 0 aliphatic carbocycles.